The summed E-state index contributed by atoms with van der Waals surface area (Å²) in [6, 6.07) is 5.95. The van der Waals surface area contributed by atoms with Gasteiger partial charge in [-0.3, -0.25) is 0 Å². The van der Waals surface area contributed by atoms with E-state index in [2.05, 4.69) is 9.99 Å². The minimum atomic E-state index is -1.03. The van der Waals surface area contributed by atoms with E-state index in [0.29, 0.717) is 0 Å². The minimum absolute atomic E-state index is 0.415. The van der Waals surface area contributed by atoms with E-state index in [0.717, 1.165) is 16.7 Å². The zero-order valence-corrected chi connectivity index (χ0v) is 8.73. The van der Waals surface area contributed by atoms with Gasteiger partial charge in [-0.25, -0.2) is 4.79 Å². The van der Waals surface area contributed by atoms with Gasteiger partial charge in [0.1, 0.15) is 0 Å². The number of aryl methyl sites for hydroxylation is 2. The van der Waals surface area contributed by atoms with Gasteiger partial charge in [0.25, 0.3) is 0 Å². The zero-order valence-electron chi connectivity index (χ0n) is 8.73. The summed E-state index contributed by atoms with van der Waals surface area (Å²) in [6.07, 6.45) is 1.52. The summed E-state index contributed by atoms with van der Waals surface area (Å²) >= 11 is 0. The molecule has 80 valence electrons. The van der Waals surface area contributed by atoms with Crippen molar-refractivity contribution in [2.45, 2.75) is 13.8 Å². The average Bonchev–Trinajstić information content (AvgIpc) is 2.17. The number of nitrogens with zero attached hydrogens (tertiary/aromatic N) is 1. The number of rotatable bonds is 4. The third-order valence-electron chi connectivity index (χ3n) is 1.89. The van der Waals surface area contributed by atoms with Crippen molar-refractivity contribution in [1.29, 1.82) is 0 Å². The molecular formula is C11H13NO3. The largest absolute Gasteiger partial charge is 0.479 e. The van der Waals surface area contributed by atoms with Crippen LogP contribution >= 0.6 is 0 Å². The monoisotopic (exact) mass is 207 g/mol. The Hall–Kier alpha value is -1.84. The quantitative estimate of drug-likeness (QED) is 0.604. The van der Waals surface area contributed by atoms with Crippen LogP contribution in [0.3, 0.4) is 0 Å². The van der Waals surface area contributed by atoms with E-state index in [-0.39, 0.29) is 0 Å². The van der Waals surface area contributed by atoms with E-state index in [9.17, 15) is 4.79 Å². The van der Waals surface area contributed by atoms with Crippen LogP contribution in [0.25, 0.3) is 0 Å². The molecule has 0 aliphatic heterocycles. The van der Waals surface area contributed by atoms with E-state index < -0.39 is 12.6 Å². The summed E-state index contributed by atoms with van der Waals surface area (Å²) < 4.78 is 0. The Morgan fingerprint density at radius 3 is 2.93 bits per heavy atom. The molecule has 0 fully saturated rings. The van der Waals surface area contributed by atoms with Crippen molar-refractivity contribution in [2.75, 3.05) is 6.61 Å². The second kappa shape index (κ2) is 5.14. The topological polar surface area (TPSA) is 58.9 Å². The number of carboxylic acid groups (broad SMARTS) is 1. The lowest BCUT2D eigenvalue weighted by Crippen LogP contribution is -2.03. The molecule has 0 atom stereocenters. The van der Waals surface area contributed by atoms with Gasteiger partial charge in [-0.05, 0) is 25.0 Å². The van der Waals surface area contributed by atoms with E-state index in [1.165, 1.54) is 6.21 Å². The second-order valence-corrected chi connectivity index (χ2v) is 3.26. The molecule has 0 heterocycles. The van der Waals surface area contributed by atoms with Crippen LogP contribution in [0.2, 0.25) is 0 Å². The van der Waals surface area contributed by atoms with Crippen LogP contribution in [0.15, 0.2) is 23.4 Å². The van der Waals surface area contributed by atoms with Gasteiger partial charge in [0.2, 0.25) is 6.61 Å². The van der Waals surface area contributed by atoms with Gasteiger partial charge in [0.15, 0.2) is 0 Å². The lowest BCUT2D eigenvalue weighted by molar-refractivity contribution is -0.142. The molecule has 1 N–H and O–H groups in total. The smallest absolute Gasteiger partial charge is 0.344 e. The molecule has 0 radical (unpaired) electrons. The maximum Gasteiger partial charge on any atom is 0.344 e. The Morgan fingerprint density at radius 1 is 1.53 bits per heavy atom. The summed E-state index contributed by atoms with van der Waals surface area (Å²) in [4.78, 5) is 14.7. The Bertz CT molecular complexity index is 385. The molecular weight excluding hydrogens is 194 g/mol. The first-order valence-electron chi connectivity index (χ1n) is 4.54. The van der Waals surface area contributed by atoms with Crippen molar-refractivity contribution in [3.63, 3.8) is 0 Å². The van der Waals surface area contributed by atoms with Gasteiger partial charge in [-0.15, -0.1) is 0 Å². The number of oxime groups is 1. The number of carboxylic acids is 1. The molecule has 1 aromatic rings. The molecule has 0 saturated heterocycles. The molecule has 0 amide bonds. The highest BCUT2D eigenvalue weighted by molar-refractivity contribution is 5.81. The number of hydrogen-bond donors (Lipinski definition) is 1. The SMILES string of the molecule is Cc1ccc(C)c(C=NOCC(=O)O)c1. The molecule has 4 nitrogen and oxygen atoms in total. The van der Waals surface area contributed by atoms with Crippen LogP contribution in [0.1, 0.15) is 16.7 Å². The molecule has 0 aromatic heterocycles. The van der Waals surface area contributed by atoms with Crippen molar-refractivity contribution >= 4 is 12.2 Å². The molecule has 4 heteroatoms. The van der Waals surface area contributed by atoms with Gasteiger partial charge in [0.05, 0.1) is 6.21 Å². The van der Waals surface area contributed by atoms with Gasteiger partial charge in [0, 0.05) is 0 Å². The lowest BCUT2D eigenvalue weighted by atomic mass is 10.1. The number of hydrogen-bond acceptors (Lipinski definition) is 3. The first-order chi connectivity index (χ1) is 7.09. The Labute approximate surface area is 88.2 Å². The molecule has 0 saturated carbocycles. The zero-order chi connectivity index (χ0) is 11.3. The van der Waals surface area contributed by atoms with Crippen LogP contribution in [0, 0.1) is 13.8 Å². The van der Waals surface area contributed by atoms with Crippen molar-refractivity contribution in [2.24, 2.45) is 5.16 Å². The highest BCUT2D eigenvalue weighted by Gasteiger charge is 1.96. The van der Waals surface area contributed by atoms with Crippen LogP contribution in [-0.4, -0.2) is 23.9 Å². The van der Waals surface area contributed by atoms with Crippen LogP contribution in [0.5, 0.6) is 0 Å². The second-order valence-electron chi connectivity index (χ2n) is 3.26. The van der Waals surface area contributed by atoms with Crippen LogP contribution in [-0.2, 0) is 9.63 Å². The summed E-state index contributed by atoms with van der Waals surface area (Å²) in [7, 11) is 0. The maximum absolute atomic E-state index is 10.1. The summed E-state index contributed by atoms with van der Waals surface area (Å²) in [5, 5.41) is 11.9. The van der Waals surface area contributed by atoms with Crippen molar-refractivity contribution in [3.8, 4) is 0 Å². The van der Waals surface area contributed by atoms with Gasteiger partial charge >= 0.3 is 5.97 Å². The maximum atomic E-state index is 10.1. The predicted molar refractivity (Wildman–Crippen MR) is 57.1 cm³/mol. The summed E-state index contributed by atoms with van der Waals surface area (Å²) in [6.45, 7) is 3.52. The van der Waals surface area contributed by atoms with Crippen molar-refractivity contribution in [1.82, 2.24) is 0 Å². The molecule has 1 rings (SSSR count). The van der Waals surface area contributed by atoms with Crippen molar-refractivity contribution < 1.29 is 14.7 Å². The van der Waals surface area contributed by atoms with E-state index in [4.69, 9.17) is 5.11 Å². The molecule has 1 aromatic carbocycles. The normalized spacial score (nSPS) is 10.5. The standard InChI is InChI=1S/C11H13NO3/c1-8-3-4-9(2)10(5-8)6-12-15-7-11(13)14/h3-6H,7H2,1-2H3,(H,13,14). The lowest BCUT2D eigenvalue weighted by Gasteiger charge is -2.00. The molecule has 0 unspecified atom stereocenters. The fraction of sp³-hybridized carbons (Fsp3) is 0.273. The number of carbonyl (C=O) groups is 1. The fourth-order valence-electron chi connectivity index (χ4n) is 1.09. The Balaban J connectivity index is 2.63. The van der Waals surface area contributed by atoms with E-state index >= 15 is 0 Å². The van der Waals surface area contributed by atoms with Crippen molar-refractivity contribution in [3.05, 3.63) is 34.9 Å². The molecule has 0 aliphatic carbocycles. The molecule has 0 spiro atoms. The number of aliphatic carboxylic acids is 1. The Morgan fingerprint density at radius 2 is 2.27 bits per heavy atom. The third-order valence-corrected chi connectivity index (χ3v) is 1.89. The highest BCUT2D eigenvalue weighted by Crippen LogP contribution is 2.07. The van der Waals surface area contributed by atoms with Crippen LogP contribution < -0.4 is 0 Å². The first-order valence-corrected chi connectivity index (χ1v) is 4.54. The third kappa shape index (κ3) is 3.81. The van der Waals surface area contributed by atoms with Gasteiger partial charge in [-0.1, -0.05) is 28.9 Å². The predicted octanol–water partition coefficient (Wildman–Crippen LogP) is 1.74. The number of benzene rings is 1. The average molecular weight is 207 g/mol. The molecule has 0 bridgehead atoms. The summed E-state index contributed by atoms with van der Waals surface area (Å²) in [5.74, 6) is -1.03. The fourth-order valence-corrected chi connectivity index (χ4v) is 1.09. The van der Waals surface area contributed by atoms with Crippen LogP contribution in [0.4, 0.5) is 0 Å². The van der Waals surface area contributed by atoms with E-state index in [1.807, 2.05) is 32.0 Å². The van der Waals surface area contributed by atoms with Gasteiger partial charge in [-0.2, -0.15) is 0 Å². The Kier molecular flexibility index (Phi) is 3.85. The molecule has 0 aliphatic rings. The minimum Gasteiger partial charge on any atom is -0.479 e. The highest BCUT2D eigenvalue weighted by atomic mass is 16.6. The van der Waals surface area contributed by atoms with E-state index in [1.54, 1.807) is 0 Å². The molecule has 15 heavy (non-hydrogen) atoms. The summed E-state index contributed by atoms with van der Waals surface area (Å²) in [5.41, 5.74) is 3.13. The first kappa shape index (κ1) is 11.2. The van der Waals surface area contributed by atoms with Gasteiger partial charge < -0.3 is 9.94 Å².